The first-order valence-electron chi connectivity index (χ1n) is 11.1. The van der Waals surface area contributed by atoms with Crippen molar-refractivity contribution in [1.82, 2.24) is 4.72 Å². The molecule has 0 radical (unpaired) electrons. The third-order valence-corrected chi connectivity index (χ3v) is 12.0. The highest BCUT2D eigenvalue weighted by atomic mass is 32.2. The molecule has 1 saturated heterocycles. The first kappa shape index (κ1) is 25.6. The van der Waals surface area contributed by atoms with Crippen LogP contribution in [-0.2, 0) is 28.4 Å². The average Bonchev–Trinajstić information content (AvgIpc) is 2.73. The van der Waals surface area contributed by atoms with Crippen molar-refractivity contribution in [2.45, 2.75) is 57.7 Å². The Balaban J connectivity index is 2.03. The van der Waals surface area contributed by atoms with Crippen molar-refractivity contribution in [3.63, 3.8) is 0 Å². The van der Waals surface area contributed by atoms with Crippen LogP contribution in [0.4, 0.5) is 0 Å². The van der Waals surface area contributed by atoms with E-state index in [0.29, 0.717) is 0 Å². The van der Waals surface area contributed by atoms with Crippen molar-refractivity contribution in [2.24, 2.45) is 0 Å². The summed E-state index contributed by atoms with van der Waals surface area (Å²) in [6.07, 6.45) is -1.12. The van der Waals surface area contributed by atoms with E-state index in [1.165, 1.54) is 0 Å². The Labute approximate surface area is 197 Å². The molecular weight excluding hydrogens is 458 g/mol. The molecule has 1 heterocycles. The number of nitrogens with one attached hydrogen (secondary N) is 1. The van der Waals surface area contributed by atoms with E-state index in [9.17, 15) is 13.2 Å². The van der Waals surface area contributed by atoms with Crippen molar-refractivity contribution in [2.75, 3.05) is 13.2 Å². The van der Waals surface area contributed by atoms with E-state index >= 15 is 0 Å². The van der Waals surface area contributed by atoms with Crippen LogP contribution in [0.15, 0.2) is 60.7 Å². The molecule has 1 N–H and O–H groups in total. The maximum absolute atomic E-state index is 12.5. The molecule has 180 valence electrons. The van der Waals surface area contributed by atoms with Gasteiger partial charge in [-0.15, -0.1) is 0 Å². The zero-order chi connectivity index (χ0) is 24.3. The minimum atomic E-state index is -4.15. The highest BCUT2D eigenvalue weighted by Gasteiger charge is 2.52. The maximum atomic E-state index is 12.5. The fourth-order valence-corrected chi connectivity index (χ4v) is 10.4. The number of carbonyl (C=O) groups excluding carboxylic acids is 1. The Morgan fingerprint density at radius 1 is 1.09 bits per heavy atom. The molecule has 0 saturated carbocycles. The van der Waals surface area contributed by atoms with Gasteiger partial charge in [0.1, 0.15) is 0 Å². The molecule has 1 aliphatic heterocycles. The lowest BCUT2D eigenvalue weighted by Crippen LogP contribution is -2.69. The van der Waals surface area contributed by atoms with Gasteiger partial charge in [-0.25, -0.2) is 8.98 Å². The van der Waals surface area contributed by atoms with Gasteiger partial charge in [0.05, 0.1) is 18.8 Å². The highest BCUT2D eigenvalue weighted by Crippen LogP contribution is 2.38. The number of carbonyl (C=O) groups is 1. The standard InChI is InChI=1S/C24H33NO6SSi/c1-6-29-22(26)21-17-24(5,25-32(27,28)31-21)18-30-33(23(2,3)4,19-13-9-7-10-14-19)20-15-11-8-12-16-20/h7-16,21,25H,6,17-18H2,1-5H3/t21-,24-/m1/s1. The number of hydrogen-bond acceptors (Lipinski definition) is 6. The van der Waals surface area contributed by atoms with Crippen LogP contribution in [0.3, 0.4) is 0 Å². The Morgan fingerprint density at radius 2 is 1.61 bits per heavy atom. The molecule has 0 aliphatic carbocycles. The largest absolute Gasteiger partial charge is 0.464 e. The minimum Gasteiger partial charge on any atom is -0.464 e. The van der Waals surface area contributed by atoms with Gasteiger partial charge < -0.3 is 9.16 Å². The van der Waals surface area contributed by atoms with E-state index in [4.69, 9.17) is 13.3 Å². The smallest absolute Gasteiger partial charge is 0.337 e. The van der Waals surface area contributed by atoms with Crippen LogP contribution in [0.1, 0.15) is 41.0 Å². The summed E-state index contributed by atoms with van der Waals surface area (Å²) < 4.78 is 44.4. The fraction of sp³-hybridized carbons (Fsp3) is 0.458. The third kappa shape index (κ3) is 5.55. The summed E-state index contributed by atoms with van der Waals surface area (Å²) in [5.41, 5.74) is -1.05. The van der Waals surface area contributed by atoms with E-state index in [2.05, 4.69) is 49.8 Å². The molecule has 3 rings (SSSR count). The number of ether oxygens (including phenoxy) is 1. The Kier molecular flexibility index (Phi) is 7.50. The van der Waals surface area contributed by atoms with Crippen LogP contribution in [0.2, 0.25) is 5.04 Å². The summed E-state index contributed by atoms with van der Waals surface area (Å²) in [6.45, 7) is 10.1. The summed E-state index contributed by atoms with van der Waals surface area (Å²) in [5, 5.41) is 1.91. The van der Waals surface area contributed by atoms with Crippen molar-refractivity contribution in [3.05, 3.63) is 60.7 Å². The molecule has 2 aromatic rings. The maximum Gasteiger partial charge on any atom is 0.337 e. The minimum absolute atomic E-state index is 0.0682. The van der Waals surface area contributed by atoms with Gasteiger partial charge in [-0.05, 0) is 29.3 Å². The topological polar surface area (TPSA) is 90.9 Å². The van der Waals surface area contributed by atoms with Crippen LogP contribution in [-0.4, -0.2) is 47.6 Å². The van der Waals surface area contributed by atoms with Gasteiger partial charge in [0, 0.05) is 6.42 Å². The van der Waals surface area contributed by atoms with Crippen molar-refractivity contribution >= 4 is 35.0 Å². The molecule has 0 aromatic heterocycles. The Hall–Kier alpha value is -2.04. The first-order chi connectivity index (χ1) is 15.4. The second-order valence-electron chi connectivity index (χ2n) is 9.61. The van der Waals surface area contributed by atoms with Gasteiger partial charge in [0.2, 0.25) is 0 Å². The van der Waals surface area contributed by atoms with E-state index < -0.39 is 36.2 Å². The SMILES string of the molecule is CCOC(=O)[C@H]1C[C@](C)(CO[Si](c2ccccc2)(c2ccccc2)C(C)(C)C)NS(=O)(=O)O1. The molecule has 33 heavy (non-hydrogen) atoms. The van der Waals surface area contributed by atoms with Crippen molar-refractivity contribution in [3.8, 4) is 0 Å². The number of esters is 1. The van der Waals surface area contributed by atoms with E-state index in [-0.39, 0.29) is 24.7 Å². The molecule has 1 fully saturated rings. The monoisotopic (exact) mass is 491 g/mol. The summed E-state index contributed by atoms with van der Waals surface area (Å²) in [7, 11) is -7.03. The van der Waals surface area contributed by atoms with E-state index in [1.54, 1.807) is 13.8 Å². The average molecular weight is 492 g/mol. The quantitative estimate of drug-likeness (QED) is 0.473. The van der Waals surface area contributed by atoms with Crippen LogP contribution < -0.4 is 15.1 Å². The molecule has 2 aromatic carbocycles. The van der Waals surface area contributed by atoms with Gasteiger partial charge in [0.25, 0.3) is 8.32 Å². The fourth-order valence-electron chi connectivity index (χ4n) is 4.44. The van der Waals surface area contributed by atoms with Gasteiger partial charge in [0.15, 0.2) is 6.10 Å². The lowest BCUT2D eigenvalue weighted by molar-refractivity contribution is -0.153. The van der Waals surface area contributed by atoms with Gasteiger partial charge in [-0.1, -0.05) is 81.4 Å². The number of hydrogen-bond donors (Lipinski definition) is 1. The summed E-state index contributed by atoms with van der Waals surface area (Å²) in [5.74, 6) is -0.695. The molecular formula is C24H33NO6SSi. The molecule has 9 heteroatoms. The third-order valence-electron chi connectivity index (χ3n) is 5.82. The van der Waals surface area contributed by atoms with Crippen molar-refractivity contribution in [1.29, 1.82) is 0 Å². The summed E-state index contributed by atoms with van der Waals surface area (Å²) in [4.78, 5) is 12.3. The van der Waals surface area contributed by atoms with Crippen LogP contribution in [0, 0.1) is 0 Å². The number of rotatable bonds is 7. The zero-order valence-electron chi connectivity index (χ0n) is 19.8. The van der Waals surface area contributed by atoms with Crippen LogP contribution in [0.5, 0.6) is 0 Å². The van der Waals surface area contributed by atoms with Gasteiger partial charge in [-0.3, -0.25) is 0 Å². The first-order valence-corrected chi connectivity index (χ1v) is 14.4. The van der Waals surface area contributed by atoms with E-state index in [1.807, 2.05) is 36.4 Å². The number of benzene rings is 2. The zero-order valence-corrected chi connectivity index (χ0v) is 21.6. The predicted octanol–water partition coefficient (Wildman–Crippen LogP) is 2.51. The van der Waals surface area contributed by atoms with E-state index in [0.717, 1.165) is 10.4 Å². The van der Waals surface area contributed by atoms with Crippen LogP contribution >= 0.6 is 0 Å². The molecule has 0 unspecified atom stereocenters. The summed E-state index contributed by atoms with van der Waals surface area (Å²) >= 11 is 0. The van der Waals surface area contributed by atoms with Crippen LogP contribution in [0.25, 0.3) is 0 Å². The molecule has 0 bridgehead atoms. The molecule has 7 nitrogen and oxygen atoms in total. The summed E-state index contributed by atoms with van der Waals surface area (Å²) in [6, 6.07) is 20.2. The molecule has 0 amide bonds. The van der Waals surface area contributed by atoms with Crippen molar-refractivity contribution < 1.29 is 26.6 Å². The second kappa shape index (κ2) is 9.67. The molecule has 1 aliphatic rings. The normalized spacial score (nSPS) is 23.1. The highest BCUT2D eigenvalue weighted by molar-refractivity contribution is 7.84. The Morgan fingerprint density at radius 3 is 2.06 bits per heavy atom. The predicted molar refractivity (Wildman–Crippen MR) is 130 cm³/mol. The second-order valence-corrected chi connectivity index (χ2v) is 15.2. The lowest BCUT2D eigenvalue weighted by atomic mass is 9.96. The van der Waals surface area contributed by atoms with Gasteiger partial charge in [-0.2, -0.15) is 13.1 Å². The molecule has 0 spiro atoms. The lowest BCUT2D eigenvalue weighted by Gasteiger charge is -2.46. The van der Waals surface area contributed by atoms with Gasteiger partial charge >= 0.3 is 16.3 Å². The Bertz CT molecular complexity index is 1020. The molecule has 2 atom stereocenters.